The van der Waals surface area contributed by atoms with Gasteiger partial charge in [0, 0.05) is 5.92 Å². The molecule has 0 bridgehead atoms. The molecule has 0 radical (unpaired) electrons. The first-order chi connectivity index (χ1) is 12.8. The van der Waals surface area contributed by atoms with E-state index in [1.807, 2.05) is 6.07 Å². The van der Waals surface area contributed by atoms with Crippen molar-refractivity contribution in [3.63, 3.8) is 0 Å². The maximum Gasteiger partial charge on any atom is 0.433 e. The van der Waals surface area contributed by atoms with Gasteiger partial charge in [0.05, 0.1) is 36.2 Å². The largest absolute Gasteiger partial charge is 0.465 e. The lowest BCUT2D eigenvalue weighted by atomic mass is 10.1. The Morgan fingerprint density at radius 1 is 1.30 bits per heavy atom. The number of alkyl halides is 3. The molecule has 2 heterocycles. The van der Waals surface area contributed by atoms with E-state index < -0.39 is 17.8 Å². The van der Waals surface area contributed by atoms with Crippen molar-refractivity contribution >= 4 is 11.8 Å². The van der Waals surface area contributed by atoms with Crippen molar-refractivity contribution in [2.75, 3.05) is 12.4 Å². The van der Waals surface area contributed by atoms with Crippen LogP contribution in [0.5, 0.6) is 0 Å². The lowest BCUT2D eigenvalue weighted by Gasteiger charge is -2.12. The van der Waals surface area contributed by atoms with E-state index in [1.165, 1.54) is 7.11 Å². The number of hydrogen-bond acceptors (Lipinski definition) is 6. The van der Waals surface area contributed by atoms with Crippen molar-refractivity contribution in [2.45, 2.75) is 31.5 Å². The molecular weight excluding hydrogens is 361 g/mol. The van der Waals surface area contributed by atoms with E-state index in [0.717, 1.165) is 25.0 Å². The van der Waals surface area contributed by atoms with Crippen LogP contribution in [0.2, 0.25) is 0 Å². The Balaban J connectivity index is 1.84. The van der Waals surface area contributed by atoms with Crippen molar-refractivity contribution in [1.29, 1.82) is 5.26 Å². The van der Waals surface area contributed by atoms with E-state index in [9.17, 15) is 18.0 Å². The van der Waals surface area contributed by atoms with Crippen LogP contribution in [0.3, 0.4) is 0 Å². The molecule has 0 saturated heterocycles. The number of esters is 1. The molecule has 0 aliphatic heterocycles. The molecule has 0 atom stereocenters. The summed E-state index contributed by atoms with van der Waals surface area (Å²) < 4.78 is 43.3. The van der Waals surface area contributed by atoms with E-state index in [0.29, 0.717) is 17.0 Å². The summed E-state index contributed by atoms with van der Waals surface area (Å²) in [4.78, 5) is 19.8. The summed E-state index contributed by atoms with van der Waals surface area (Å²) in [6.45, 7) is 0.0597. The molecule has 1 fully saturated rings. The Labute approximate surface area is 153 Å². The second-order valence-electron chi connectivity index (χ2n) is 6.06. The number of halogens is 3. The lowest BCUT2D eigenvalue weighted by molar-refractivity contribution is -0.141. The number of carbonyl (C=O) groups is 1. The number of carbonyl (C=O) groups excluding carboxylic acids is 1. The third kappa shape index (κ3) is 4.16. The zero-order valence-electron chi connectivity index (χ0n) is 14.3. The van der Waals surface area contributed by atoms with Crippen LogP contribution in [0.4, 0.5) is 19.0 Å². The van der Waals surface area contributed by atoms with Crippen molar-refractivity contribution in [3.05, 3.63) is 52.5 Å². The van der Waals surface area contributed by atoms with Gasteiger partial charge in [-0.05, 0) is 37.1 Å². The van der Waals surface area contributed by atoms with Gasteiger partial charge in [0.1, 0.15) is 17.6 Å². The van der Waals surface area contributed by atoms with Crippen LogP contribution in [0.25, 0.3) is 0 Å². The summed E-state index contributed by atoms with van der Waals surface area (Å²) in [5, 5.41) is 11.8. The third-order valence-corrected chi connectivity index (χ3v) is 4.09. The molecule has 1 aliphatic carbocycles. The molecule has 0 aromatic carbocycles. The number of aromatic nitrogens is 2. The van der Waals surface area contributed by atoms with E-state index >= 15 is 0 Å². The van der Waals surface area contributed by atoms with Crippen LogP contribution in [0.15, 0.2) is 24.3 Å². The Kier molecular flexibility index (Phi) is 4.99. The highest BCUT2D eigenvalue weighted by Crippen LogP contribution is 2.41. The SMILES string of the molecule is COC(=O)c1ccc(CNc2nc(C(F)(F)F)ccc2C#N)nc1C1CC1. The quantitative estimate of drug-likeness (QED) is 0.802. The first-order valence-corrected chi connectivity index (χ1v) is 8.14. The molecule has 1 aliphatic rings. The predicted octanol–water partition coefficient (Wildman–Crippen LogP) is 3.64. The van der Waals surface area contributed by atoms with Gasteiger partial charge in [-0.3, -0.25) is 4.98 Å². The van der Waals surface area contributed by atoms with Gasteiger partial charge in [-0.1, -0.05) is 0 Å². The first-order valence-electron chi connectivity index (χ1n) is 8.14. The van der Waals surface area contributed by atoms with E-state index in [1.54, 1.807) is 12.1 Å². The number of pyridine rings is 2. The zero-order chi connectivity index (χ0) is 19.6. The topological polar surface area (TPSA) is 87.9 Å². The Bertz CT molecular complexity index is 918. The molecule has 1 N–H and O–H groups in total. The summed E-state index contributed by atoms with van der Waals surface area (Å²) >= 11 is 0. The van der Waals surface area contributed by atoms with Crippen LogP contribution < -0.4 is 5.32 Å². The summed E-state index contributed by atoms with van der Waals surface area (Å²) in [6, 6.07) is 6.82. The van der Waals surface area contributed by atoms with Gasteiger partial charge >= 0.3 is 12.1 Å². The van der Waals surface area contributed by atoms with Crippen molar-refractivity contribution in [1.82, 2.24) is 9.97 Å². The molecule has 140 valence electrons. The molecule has 2 aromatic heterocycles. The van der Waals surface area contributed by atoms with Gasteiger partial charge in [-0.25, -0.2) is 9.78 Å². The molecule has 3 rings (SSSR count). The fourth-order valence-corrected chi connectivity index (χ4v) is 2.58. The summed E-state index contributed by atoms with van der Waals surface area (Å²) in [5.41, 5.74) is 0.443. The highest BCUT2D eigenvalue weighted by Gasteiger charge is 2.33. The van der Waals surface area contributed by atoms with Crippen molar-refractivity contribution in [3.8, 4) is 6.07 Å². The maximum atomic E-state index is 12.8. The van der Waals surface area contributed by atoms with Gasteiger partial charge in [-0.2, -0.15) is 18.4 Å². The number of rotatable bonds is 5. The standard InChI is InChI=1S/C18H15F3N4O2/c1-27-17(26)13-6-5-12(24-15(13)10-2-3-10)9-23-16-11(8-22)4-7-14(25-16)18(19,20)21/h4-7,10H,2-3,9H2,1H3,(H,23,25). The van der Waals surface area contributed by atoms with Crippen LogP contribution in [0, 0.1) is 11.3 Å². The summed E-state index contributed by atoms with van der Waals surface area (Å²) in [6.07, 6.45) is -2.77. The van der Waals surface area contributed by atoms with Gasteiger partial charge in [0.15, 0.2) is 0 Å². The van der Waals surface area contributed by atoms with E-state index in [2.05, 4.69) is 15.3 Å². The van der Waals surface area contributed by atoms with Gasteiger partial charge in [-0.15, -0.1) is 0 Å². The van der Waals surface area contributed by atoms with Gasteiger partial charge in [0.25, 0.3) is 0 Å². The second-order valence-corrected chi connectivity index (χ2v) is 6.06. The highest BCUT2D eigenvalue weighted by molar-refractivity contribution is 5.90. The van der Waals surface area contributed by atoms with Gasteiger partial charge in [0.2, 0.25) is 0 Å². The monoisotopic (exact) mass is 376 g/mol. The molecule has 2 aromatic rings. The average Bonchev–Trinajstić information content (AvgIpc) is 3.49. The maximum absolute atomic E-state index is 12.8. The number of anilines is 1. The van der Waals surface area contributed by atoms with Crippen LogP contribution in [-0.2, 0) is 17.5 Å². The minimum atomic E-state index is -4.61. The number of ether oxygens (including phenoxy) is 1. The molecule has 27 heavy (non-hydrogen) atoms. The van der Waals surface area contributed by atoms with E-state index in [-0.39, 0.29) is 23.8 Å². The number of hydrogen-bond donors (Lipinski definition) is 1. The molecule has 0 unspecified atom stereocenters. The third-order valence-electron chi connectivity index (χ3n) is 4.09. The Morgan fingerprint density at radius 3 is 2.63 bits per heavy atom. The molecular formula is C18H15F3N4O2. The second kappa shape index (κ2) is 7.23. The molecule has 1 saturated carbocycles. The fraction of sp³-hybridized carbons (Fsp3) is 0.333. The minimum absolute atomic E-state index is 0.00315. The zero-order valence-corrected chi connectivity index (χ0v) is 14.3. The Morgan fingerprint density at radius 2 is 2.04 bits per heavy atom. The van der Waals surface area contributed by atoms with E-state index in [4.69, 9.17) is 10.00 Å². The summed E-state index contributed by atoms with van der Waals surface area (Å²) in [5.74, 6) is -0.463. The average molecular weight is 376 g/mol. The molecule has 6 nitrogen and oxygen atoms in total. The van der Waals surface area contributed by atoms with Crippen LogP contribution in [-0.4, -0.2) is 23.0 Å². The lowest BCUT2D eigenvalue weighted by Crippen LogP contribution is -2.13. The molecule has 0 spiro atoms. The fourth-order valence-electron chi connectivity index (χ4n) is 2.58. The molecule has 9 heteroatoms. The van der Waals surface area contributed by atoms with Crippen molar-refractivity contribution in [2.24, 2.45) is 0 Å². The van der Waals surface area contributed by atoms with Crippen LogP contribution in [0.1, 0.15) is 51.8 Å². The normalized spacial score (nSPS) is 13.7. The Hall–Kier alpha value is -3.15. The molecule has 0 amide bonds. The number of nitriles is 1. The number of nitrogens with one attached hydrogen (secondary N) is 1. The van der Waals surface area contributed by atoms with Gasteiger partial charge < -0.3 is 10.1 Å². The smallest absolute Gasteiger partial charge is 0.433 e. The predicted molar refractivity (Wildman–Crippen MR) is 88.8 cm³/mol. The minimum Gasteiger partial charge on any atom is -0.465 e. The number of nitrogens with zero attached hydrogens (tertiary/aromatic N) is 3. The summed E-state index contributed by atoms with van der Waals surface area (Å²) in [7, 11) is 1.29. The first kappa shape index (κ1) is 18.6. The van der Waals surface area contributed by atoms with Crippen LogP contribution >= 0.6 is 0 Å². The number of methoxy groups -OCH3 is 1. The highest BCUT2D eigenvalue weighted by atomic mass is 19.4. The van der Waals surface area contributed by atoms with Crippen molar-refractivity contribution < 1.29 is 22.7 Å².